The van der Waals surface area contributed by atoms with Gasteiger partial charge in [0, 0.05) is 59.8 Å². The van der Waals surface area contributed by atoms with E-state index in [1.807, 2.05) is 38.6 Å². The lowest BCUT2D eigenvalue weighted by Crippen LogP contribution is -2.31. The number of aryl methyl sites for hydroxylation is 3. The zero-order valence-electron chi connectivity index (χ0n) is 17.6. The van der Waals surface area contributed by atoms with Crippen molar-refractivity contribution in [1.82, 2.24) is 19.5 Å². The summed E-state index contributed by atoms with van der Waals surface area (Å²) in [7, 11) is 0. The molecule has 3 aromatic rings. The number of amides is 1. The highest BCUT2D eigenvalue weighted by Crippen LogP contribution is 2.20. The summed E-state index contributed by atoms with van der Waals surface area (Å²) in [6, 6.07) is 7.70. The molecule has 8 heteroatoms. The third kappa shape index (κ3) is 4.44. The predicted octanol–water partition coefficient (Wildman–Crippen LogP) is 2.68. The van der Waals surface area contributed by atoms with Gasteiger partial charge in [0.25, 0.3) is 5.56 Å². The van der Waals surface area contributed by atoms with Crippen LogP contribution in [0.25, 0.3) is 5.65 Å². The molecule has 0 spiro atoms. The molecule has 1 aromatic carbocycles. The number of H-pyrrole nitrogens is 1. The first-order chi connectivity index (χ1) is 14.4. The van der Waals surface area contributed by atoms with Crippen LogP contribution in [0.4, 0.5) is 5.69 Å². The Morgan fingerprint density at radius 2 is 1.97 bits per heavy atom. The van der Waals surface area contributed by atoms with E-state index in [2.05, 4.69) is 32.4 Å². The molecule has 0 bridgehead atoms. The number of rotatable bonds is 5. The van der Waals surface area contributed by atoms with Crippen molar-refractivity contribution in [3.8, 4) is 0 Å². The Hall–Kier alpha value is -2.58. The van der Waals surface area contributed by atoms with E-state index in [-0.39, 0.29) is 17.9 Å². The van der Waals surface area contributed by atoms with Crippen LogP contribution in [0.5, 0.6) is 0 Å². The molecule has 2 aromatic heterocycles. The Labute approximate surface area is 179 Å². The quantitative estimate of drug-likeness (QED) is 0.657. The van der Waals surface area contributed by atoms with Crippen LogP contribution in [0.15, 0.2) is 29.1 Å². The fourth-order valence-electron chi connectivity index (χ4n) is 3.95. The lowest BCUT2D eigenvalue weighted by atomic mass is 10.1. The molecule has 3 heterocycles. The Morgan fingerprint density at radius 1 is 1.20 bits per heavy atom. The number of thioether (sulfide) groups is 1. The normalized spacial score (nSPS) is 14.9. The molecule has 2 N–H and O–H groups in total. The number of hydrogen-bond donors (Lipinski definition) is 2. The average molecular weight is 426 g/mol. The molecule has 1 aliphatic heterocycles. The van der Waals surface area contributed by atoms with E-state index in [1.54, 1.807) is 4.52 Å². The summed E-state index contributed by atoms with van der Waals surface area (Å²) in [6.45, 7) is 9.00. The molecular formula is C22H27N5O2S. The van der Waals surface area contributed by atoms with Gasteiger partial charge >= 0.3 is 0 Å². The molecular weight excluding hydrogens is 398 g/mol. The molecule has 1 aliphatic rings. The van der Waals surface area contributed by atoms with Crippen molar-refractivity contribution in [2.75, 3.05) is 29.9 Å². The summed E-state index contributed by atoms with van der Waals surface area (Å²) in [5, 5.41) is 5.76. The maximum atomic E-state index is 12.8. The lowest BCUT2D eigenvalue weighted by Gasteiger charge is -2.26. The number of nitrogens with one attached hydrogen (secondary N) is 2. The minimum Gasteiger partial charge on any atom is -0.326 e. The molecule has 0 unspecified atom stereocenters. The van der Waals surface area contributed by atoms with Gasteiger partial charge in [-0.2, -0.15) is 11.8 Å². The van der Waals surface area contributed by atoms with Gasteiger partial charge in [-0.05, 0) is 38.0 Å². The monoisotopic (exact) mass is 425 g/mol. The van der Waals surface area contributed by atoms with E-state index < -0.39 is 0 Å². The summed E-state index contributed by atoms with van der Waals surface area (Å²) >= 11 is 2.01. The second-order valence-electron chi connectivity index (χ2n) is 7.84. The topological polar surface area (TPSA) is 82.5 Å². The van der Waals surface area contributed by atoms with Crippen LogP contribution in [0, 0.1) is 20.8 Å². The fourth-order valence-corrected chi connectivity index (χ4v) is 4.93. The Morgan fingerprint density at radius 3 is 2.70 bits per heavy atom. The Bertz CT molecular complexity index is 1140. The molecule has 7 nitrogen and oxygen atoms in total. The van der Waals surface area contributed by atoms with Crippen LogP contribution in [-0.4, -0.2) is 50.0 Å². The minimum atomic E-state index is -0.203. The average Bonchev–Trinajstić information content (AvgIpc) is 3.08. The molecule has 0 aliphatic carbocycles. The van der Waals surface area contributed by atoms with Crippen molar-refractivity contribution in [3.63, 3.8) is 0 Å². The van der Waals surface area contributed by atoms with Crippen LogP contribution in [-0.2, 0) is 17.8 Å². The molecule has 0 radical (unpaired) electrons. The van der Waals surface area contributed by atoms with Gasteiger partial charge in [0.15, 0.2) is 5.65 Å². The number of anilines is 1. The molecule has 1 saturated heterocycles. The Kier molecular flexibility index (Phi) is 5.97. The number of carbonyl (C=O) groups is 1. The number of aromatic amines is 1. The van der Waals surface area contributed by atoms with Crippen molar-refractivity contribution in [1.29, 1.82) is 0 Å². The molecule has 0 atom stereocenters. The standard InChI is InChI=1S/C22H27N5O2S/c1-14-10-17(13-26-6-8-30-9-7-26)4-5-19(14)24-21(28)11-18-15(2)23-20-12-22(29)25-27(20)16(18)3/h4-5,10,12H,6-9,11,13H2,1-3H3,(H,24,28)(H,25,29). The first kappa shape index (κ1) is 20.7. The third-order valence-electron chi connectivity index (χ3n) is 5.61. The van der Waals surface area contributed by atoms with E-state index >= 15 is 0 Å². The van der Waals surface area contributed by atoms with Crippen molar-refractivity contribution in [2.24, 2.45) is 0 Å². The minimum absolute atomic E-state index is 0.0965. The van der Waals surface area contributed by atoms with Crippen LogP contribution in [0.3, 0.4) is 0 Å². The van der Waals surface area contributed by atoms with Crippen molar-refractivity contribution in [2.45, 2.75) is 33.7 Å². The van der Waals surface area contributed by atoms with Gasteiger partial charge in [0.2, 0.25) is 5.91 Å². The molecule has 0 saturated carbocycles. The van der Waals surface area contributed by atoms with Crippen molar-refractivity contribution >= 4 is 29.0 Å². The third-order valence-corrected chi connectivity index (χ3v) is 6.56. The van der Waals surface area contributed by atoms with Gasteiger partial charge < -0.3 is 5.32 Å². The number of aromatic nitrogens is 3. The fraction of sp³-hybridized carbons (Fsp3) is 0.409. The van der Waals surface area contributed by atoms with Crippen LogP contribution in [0.1, 0.15) is 28.1 Å². The van der Waals surface area contributed by atoms with Crippen molar-refractivity contribution in [3.05, 3.63) is 62.7 Å². The summed E-state index contributed by atoms with van der Waals surface area (Å²) < 4.78 is 1.64. The van der Waals surface area contributed by atoms with Gasteiger partial charge in [0.05, 0.1) is 6.42 Å². The van der Waals surface area contributed by atoms with Gasteiger partial charge in [-0.3, -0.25) is 19.6 Å². The van der Waals surface area contributed by atoms with Crippen LogP contribution >= 0.6 is 11.8 Å². The number of benzene rings is 1. The smallest absolute Gasteiger partial charge is 0.266 e. The highest BCUT2D eigenvalue weighted by molar-refractivity contribution is 7.99. The number of hydrogen-bond acceptors (Lipinski definition) is 5. The molecule has 158 valence electrons. The number of nitrogens with zero attached hydrogens (tertiary/aromatic N) is 3. The summed E-state index contributed by atoms with van der Waals surface area (Å²) in [4.78, 5) is 31.3. The predicted molar refractivity (Wildman–Crippen MR) is 121 cm³/mol. The first-order valence-electron chi connectivity index (χ1n) is 10.2. The molecule has 30 heavy (non-hydrogen) atoms. The summed E-state index contributed by atoms with van der Waals surface area (Å²) in [5.41, 5.74) is 5.93. The molecule has 4 rings (SSSR count). The molecule has 1 fully saturated rings. The van der Waals surface area contributed by atoms with E-state index in [4.69, 9.17) is 0 Å². The highest BCUT2D eigenvalue weighted by Gasteiger charge is 2.16. The van der Waals surface area contributed by atoms with E-state index in [0.717, 1.165) is 47.8 Å². The number of carbonyl (C=O) groups excluding carboxylic acids is 1. The lowest BCUT2D eigenvalue weighted by molar-refractivity contribution is -0.115. The van der Waals surface area contributed by atoms with Gasteiger partial charge in [-0.25, -0.2) is 9.50 Å². The second kappa shape index (κ2) is 8.65. The maximum Gasteiger partial charge on any atom is 0.266 e. The zero-order valence-corrected chi connectivity index (χ0v) is 18.4. The zero-order chi connectivity index (χ0) is 21.3. The summed E-state index contributed by atoms with van der Waals surface area (Å²) in [5.74, 6) is 2.30. The van der Waals surface area contributed by atoms with Crippen LogP contribution in [0.2, 0.25) is 0 Å². The van der Waals surface area contributed by atoms with Gasteiger partial charge in [0.1, 0.15) is 0 Å². The van der Waals surface area contributed by atoms with Crippen LogP contribution < -0.4 is 10.9 Å². The van der Waals surface area contributed by atoms with E-state index in [0.29, 0.717) is 5.65 Å². The largest absolute Gasteiger partial charge is 0.326 e. The maximum absolute atomic E-state index is 12.8. The van der Waals surface area contributed by atoms with Gasteiger partial charge in [-0.1, -0.05) is 12.1 Å². The van der Waals surface area contributed by atoms with Crippen molar-refractivity contribution < 1.29 is 4.79 Å². The summed E-state index contributed by atoms with van der Waals surface area (Å²) in [6.07, 6.45) is 0.202. The first-order valence-corrected chi connectivity index (χ1v) is 11.3. The SMILES string of the molecule is Cc1cc(CN2CCSCC2)ccc1NC(=O)Cc1c(C)nc2cc(=O)[nH]n2c1C. The van der Waals surface area contributed by atoms with E-state index in [1.165, 1.54) is 23.1 Å². The second-order valence-corrected chi connectivity index (χ2v) is 9.06. The van der Waals surface area contributed by atoms with E-state index in [9.17, 15) is 9.59 Å². The highest BCUT2D eigenvalue weighted by atomic mass is 32.2. The Balaban J connectivity index is 1.46. The molecule has 1 amide bonds. The van der Waals surface area contributed by atoms with Gasteiger partial charge in [-0.15, -0.1) is 0 Å². The number of fused-ring (bicyclic) bond motifs is 1.